The highest BCUT2D eigenvalue weighted by molar-refractivity contribution is 6.32. The number of amides is 6. The fourth-order valence-corrected chi connectivity index (χ4v) is 7.17. The first kappa shape index (κ1) is 58.9. The molecule has 0 bridgehead atoms. The summed E-state index contributed by atoms with van der Waals surface area (Å²) in [6.07, 6.45) is 2.97. The van der Waals surface area contributed by atoms with E-state index in [1.807, 2.05) is 4.90 Å². The van der Waals surface area contributed by atoms with Crippen LogP contribution in [0.2, 0.25) is 15.1 Å². The van der Waals surface area contributed by atoms with Gasteiger partial charge in [-0.05, 0) is 76.0 Å². The molecular weight excluding hydrogens is 967 g/mol. The van der Waals surface area contributed by atoms with Gasteiger partial charge in [0.15, 0.2) is 0 Å². The molecule has 0 spiro atoms. The second kappa shape index (κ2) is 34.8. The van der Waals surface area contributed by atoms with Crippen molar-refractivity contribution in [3.63, 3.8) is 0 Å². The minimum Gasteiger partial charge on any atom is -0.445 e. The van der Waals surface area contributed by atoms with Crippen molar-refractivity contribution in [2.24, 2.45) is 17.2 Å². The normalized spacial score (nSPS) is 12.2. The van der Waals surface area contributed by atoms with Gasteiger partial charge in [-0.25, -0.2) is 14.4 Å². The number of carbonyl (C=O) groups excluding carboxylic acids is 6. The SMILES string of the molecule is N[C@@H](CCCCNC(=O)OCc1ccccc1Cl)C(=O)NCCN(CCNC(=O)[C@@H](N)CCCCNC(=O)OCc1ccccc1Cl)CCNC(=O)[C@@H](N)CCCCNC(=O)OCc1ccccc1Cl. The predicted molar refractivity (Wildman–Crippen MR) is 270 cm³/mol. The van der Waals surface area contributed by atoms with E-state index in [4.69, 9.17) is 66.2 Å². The van der Waals surface area contributed by atoms with Crippen LogP contribution in [-0.4, -0.2) is 118 Å². The summed E-state index contributed by atoms with van der Waals surface area (Å²) in [6, 6.07) is 18.9. The first-order chi connectivity index (χ1) is 33.7. The number of nitrogens with one attached hydrogen (secondary N) is 6. The fraction of sp³-hybridized carbons (Fsp3) is 0.500. The molecule has 0 aliphatic heterocycles. The van der Waals surface area contributed by atoms with Crippen LogP contribution in [0.25, 0.3) is 0 Å². The van der Waals surface area contributed by atoms with Gasteiger partial charge in [0.25, 0.3) is 0 Å². The number of halogens is 3. The highest BCUT2D eigenvalue weighted by atomic mass is 35.5. The summed E-state index contributed by atoms with van der Waals surface area (Å²) >= 11 is 18.3. The molecule has 0 radical (unpaired) electrons. The third-order valence-electron chi connectivity index (χ3n) is 10.8. The number of hydrogen-bond acceptors (Lipinski definition) is 13. The lowest BCUT2D eigenvalue weighted by Crippen LogP contribution is -2.48. The molecule has 3 aromatic carbocycles. The van der Waals surface area contributed by atoms with Crippen molar-refractivity contribution in [1.82, 2.24) is 36.8 Å². The van der Waals surface area contributed by atoms with E-state index in [1.54, 1.807) is 72.8 Å². The van der Waals surface area contributed by atoms with Crippen LogP contribution in [0.15, 0.2) is 72.8 Å². The number of hydrogen-bond donors (Lipinski definition) is 9. The van der Waals surface area contributed by atoms with E-state index in [0.29, 0.717) is 129 Å². The van der Waals surface area contributed by atoms with E-state index in [0.717, 1.165) is 0 Å². The van der Waals surface area contributed by atoms with Gasteiger partial charge in [0.05, 0.1) is 18.1 Å². The molecule has 0 saturated carbocycles. The molecule has 3 rings (SSSR count). The van der Waals surface area contributed by atoms with Crippen LogP contribution in [0.1, 0.15) is 74.5 Å². The quantitative estimate of drug-likeness (QED) is 0.0291. The Labute approximate surface area is 425 Å². The molecule has 0 aromatic heterocycles. The van der Waals surface area contributed by atoms with Crippen LogP contribution in [-0.2, 0) is 48.4 Å². The molecule has 12 N–H and O–H groups in total. The molecular formula is C48H69Cl3N10O9. The number of unbranched alkanes of at least 4 members (excludes halogenated alkanes) is 3. The lowest BCUT2D eigenvalue weighted by atomic mass is 10.1. The lowest BCUT2D eigenvalue weighted by Gasteiger charge is -2.24. The second-order valence-electron chi connectivity index (χ2n) is 16.3. The van der Waals surface area contributed by atoms with Crippen LogP contribution < -0.4 is 49.1 Å². The molecule has 0 fully saturated rings. The summed E-state index contributed by atoms with van der Waals surface area (Å²) in [5.74, 6) is -1.00. The van der Waals surface area contributed by atoms with Crippen molar-refractivity contribution in [3.05, 3.63) is 105 Å². The maximum absolute atomic E-state index is 12.9. The molecule has 3 aromatic rings. The van der Waals surface area contributed by atoms with E-state index in [9.17, 15) is 28.8 Å². The number of rotatable bonds is 33. The molecule has 19 nitrogen and oxygen atoms in total. The van der Waals surface area contributed by atoms with Crippen LogP contribution in [0.5, 0.6) is 0 Å². The molecule has 0 aliphatic rings. The Morgan fingerprint density at radius 3 is 0.957 bits per heavy atom. The smallest absolute Gasteiger partial charge is 0.407 e. The Balaban J connectivity index is 1.35. The van der Waals surface area contributed by atoms with Crippen molar-refractivity contribution in [2.75, 3.05) is 58.9 Å². The van der Waals surface area contributed by atoms with E-state index in [-0.39, 0.29) is 57.2 Å². The van der Waals surface area contributed by atoms with Gasteiger partial charge in [0, 0.05) is 90.7 Å². The van der Waals surface area contributed by atoms with E-state index in [2.05, 4.69) is 31.9 Å². The average Bonchev–Trinajstić information content (AvgIpc) is 3.34. The van der Waals surface area contributed by atoms with Crippen molar-refractivity contribution >= 4 is 70.8 Å². The Bertz CT molecular complexity index is 1850. The highest BCUT2D eigenvalue weighted by Crippen LogP contribution is 2.18. The van der Waals surface area contributed by atoms with Gasteiger partial charge in [0.2, 0.25) is 17.7 Å². The number of benzene rings is 3. The van der Waals surface area contributed by atoms with Crippen LogP contribution in [0, 0.1) is 0 Å². The van der Waals surface area contributed by atoms with Crippen molar-refractivity contribution in [2.45, 2.75) is 95.7 Å². The summed E-state index contributed by atoms with van der Waals surface area (Å²) in [7, 11) is 0. The Hall–Kier alpha value is -5.41. The zero-order chi connectivity index (χ0) is 50.9. The Morgan fingerprint density at radius 2 is 0.686 bits per heavy atom. The van der Waals surface area contributed by atoms with Crippen molar-refractivity contribution in [1.29, 1.82) is 0 Å². The zero-order valence-corrected chi connectivity index (χ0v) is 41.8. The molecule has 0 heterocycles. The Morgan fingerprint density at radius 1 is 0.414 bits per heavy atom. The van der Waals surface area contributed by atoms with Crippen LogP contribution in [0.4, 0.5) is 14.4 Å². The van der Waals surface area contributed by atoms with E-state index in [1.165, 1.54) is 0 Å². The van der Waals surface area contributed by atoms with Gasteiger partial charge in [-0.2, -0.15) is 0 Å². The number of nitrogens with zero attached hydrogens (tertiary/aromatic N) is 1. The molecule has 3 atom stereocenters. The van der Waals surface area contributed by atoms with Gasteiger partial charge in [-0.1, -0.05) is 89.4 Å². The van der Waals surface area contributed by atoms with Gasteiger partial charge >= 0.3 is 18.3 Å². The largest absolute Gasteiger partial charge is 0.445 e. The maximum Gasteiger partial charge on any atom is 0.407 e. The Kier molecular flexibility index (Phi) is 29.3. The fourth-order valence-electron chi connectivity index (χ4n) is 6.60. The number of ether oxygens (including phenoxy) is 3. The van der Waals surface area contributed by atoms with Crippen LogP contribution in [0.3, 0.4) is 0 Å². The number of nitrogens with two attached hydrogens (primary N) is 3. The van der Waals surface area contributed by atoms with Crippen molar-refractivity contribution in [3.8, 4) is 0 Å². The maximum atomic E-state index is 12.9. The number of alkyl carbamates (subject to hydrolysis) is 3. The standard InChI is InChI=1S/C48H69Cl3N10O9/c49-37-16-4-1-13-34(37)31-68-46(65)58-22-10-7-19-40(52)43(62)55-25-28-61(29-26-56-44(63)41(53)20-8-11-23-59-47(66)69-32-35-14-2-5-17-38(35)50)30-27-57-45(64)42(54)21-9-12-24-60-48(67)70-33-36-15-3-6-18-39(36)51/h1-6,13-18,40-42H,7-12,19-33,52-54H2,(H,55,62)(H,56,63)(H,57,64)(H,58,65)(H,59,66)(H,60,67)/t40-,41-,42-/m0/s1. The summed E-state index contributed by atoms with van der Waals surface area (Å²) in [6.45, 7) is 3.05. The summed E-state index contributed by atoms with van der Waals surface area (Å²) < 4.78 is 15.6. The van der Waals surface area contributed by atoms with E-state index >= 15 is 0 Å². The van der Waals surface area contributed by atoms with E-state index < -0.39 is 36.4 Å². The molecule has 6 amide bonds. The zero-order valence-electron chi connectivity index (χ0n) is 39.5. The molecule has 0 saturated heterocycles. The molecule has 0 aliphatic carbocycles. The predicted octanol–water partition coefficient (Wildman–Crippen LogP) is 4.87. The minimum absolute atomic E-state index is 0.0456. The van der Waals surface area contributed by atoms with Gasteiger partial charge < -0.3 is 63.3 Å². The van der Waals surface area contributed by atoms with Crippen molar-refractivity contribution < 1.29 is 43.0 Å². The summed E-state index contributed by atoms with van der Waals surface area (Å²) in [5.41, 5.74) is 20.6. The third kappa shape index (κ3) is 25.4. The minimum atomic E-state index is -0.769. The molecule has 70 heavy (non-hydrogen) atoms. The van der Waals surface area contributed by atoms with Gasteiger partial charge in [-0.15, -0.1) is 0 Å². The van der Waals surface area contributed by atoms with Gasteiger partial charge in [0.1, 0.15) is 19.8 Å². The average molecular weight is 1040 g/mol. The molecule has 386 valence electrons. The molecule has 22 heteroatoms. The first-order valence-corrected chi connectivity index (χ1v) is 24.6. The summed E-state index contributed by atoms with van der Waals surface area (Å²) in [4.78, 5) is 76.7. The molecule has 0 unspecified atom stereocenters. The first-order valence-electron chi connectivity index (χ1n) is 23.5. The lowest BCUT2D eigenvalue weighted by molar-refractivity contribution is -0.123. The summed E-state index contributed by atoms with van der Waals surface area (Å²) in [5, 5.41) is 18.1. The number of carbonyl (C=O) groups is 6. The third-order valence-corrected chi connectivity index (χ3v) is 11.9. The highest BCUT2D eigenvalue weighted by Gasteiger charge is 2.18. The topological polar surface area (TPSA) is 284 Å². The monoisotopic (exact) mass is 1030 g/mol. The van der Waals surface area contributed by atoms with Crippen LogP contribution >= 0.6 is 34.8 Å². The second-order valence-corrected chi connectivity index (χ2v) is 17.5. The van der Waals surface area contributed by atoms with Gasteiger partial charge in [-0.3, -0.25) is 19.3 Å².